The van der Waals surface area contributed by atoms with Crippen LogP contribution in [0.1, 0.15) is 39.5 Å². The highest BCUT2D eigenvalue weighted by Gasteiger charge is 2.40. The van der Waals surface area contributed by atoms with Crippen molar-refractivity contribution < 1.29 is 17.9 Å². The molecular weight excluding hydrogens is 412 g/mol. The van der Waals surface area contributed by atoms with E-state index in [2.05, 4.69) is 28.8 Å². The number of nitrogens with zero attached hydrogens (tertiary/aromatic N) is 1. The minimum absolute atomic E-state index is 0. The fourth-order valence-corrected chi connectivity index (χ4v) is 4.12. The van der Waals surface area contributed by atoms with E-state index < -0.39 is 6.36 Å². The summed E-state index contributed by atoms with van der Waals surface area (Å²) in [7, 11) is 0. The van der Waals surface area contributed by atoms with Gasteiger partial charge >= 0.3 is 6.36 Å². The van der Waals surface area contributed by atoms with Crippen molar-refractivity contribution in [3.05, 3.63) is 23.2 Å². The van der Waals surface area contributed by atoms with Crippen molar-refractivity contribution in [1.29, 1.82) is 0 Å². The summed E-state index contributed by atoms with van der Waals surface area (Å²) in [5.41, 5.74) is 0.785. The summed E-state index contributed by atoms with van der Waals surface area (Å²) in [6.45, 7) is 5.07. The van der Waals surface area contributed by atoms with Gasteiger partial charge < -0.3 is 15.0 Å². The monoisotopic (exact) mass is 434 g/mol. The molecule has 1 saturated heterocycles. The van der Waals surface area contributed by atoms with E-state index in [0.29, 0.717) is 12.1 Å². The summed E-state index contributed by atoms with van der Waals surface area (Å²) in [5.74, 6) is -0.359. The van der Waals surface area contributed by atoms with Crippen LogP contribution in [0.15, 0.2) is 18.2 Å². The van der Waals surface area contributed by atoms with Crippen molar-refractivity contribution in [2.24, 2.45) is 0 Å². The van der Waals surface area contributed by atoms with Crippen molar-refractivity contribution in [1.82, 2.24) is 5.32 Å². The van der Waals surface area contributed by atoms with Gasteiger partial charge in [0.05, 0.1) is 5.02 Å². The van der Waals surface area contributed by atoms with Crippen LogP contribution < -0.4 is 15.0 Å². The topological polar surface area (TPSA) is 24.5 Å². The molecule has 26 heavy (non-hydrogen) atoms. The molecular formula is C17H24Cl3F3N2O. The summed E-state index contributed by atoms with van der Waals surface area (Å²) in [5, 5.41) is 3.68. The molecule has 1 heterocycles. The molecule has 2 aliphatic rings. The zero-order valence-electron chi connectivity index (χ0n) is 14.6. The minimum atomic E-state index is -4.74. The SMILES string of the molecule is CC1(C)CN(c2ccc(OC(F)(F)F)c(Cl)c2)[C@@H]2CCCC[C@@H]2N1.Cl.Cl. The lowest BCUT2D eigenvalue weighted by Gasteiger charge is -2.52. The van der Waals surface area contributed by atoms with Gasteiger partial charge in [-0.2, -0.15) is 0 Å². The first kappa shape index (κ1) is 23.5. The Balaban J connectivity index is 0.00000169. The molecule has 1 saturated carbocycles. The molecule has 1 aromatic rings. The molecule has 2 atom stereocenters. The number of ether oxygens (including phenoxy) is 1. The van der Waals surface area contributed by atoms with E-state index >= 15 is 0 Å². The van der Waals surface area contributed by atoms with Crippen LogP contribution >= 0.6 is 36.4 Å². The molecule has 9 heteroatoms. The number of alkyl halides is 3. The Bertz CT molecular complexity index is 613. The van der Waals surface area contributed by atoms with Gasteiger partial charge in [0.25, 0.3) is 0 Å². The lowest BCUT2D eigenvalue weighted by Crippen LogP contribution is -2.67. The van der Waals surface area contributed by atoms with Gasteiger partial charge in [-0.25, -0.2) is 0 Å². The molecule has 0 radical (unpaired) electrons. The smallest absolute Gasteiger partial charge is 0.404 e. The number of benzene rings is 1. The van der Waals surface area contributed by atoms with Crippen molar-refractivity contribution >= 4 is 42.1 Å². The van der Waals surface area contributed by atoms with E-state index in [4.69, 9.17) is 11.6 Å². The number of anilines is 1. The summed E-state index contributed by atoms with van der Waals surface area (Å²) in [6, 6.07) is 5.29. The van der Waals surface area contributed by atoms with Crippen molar-refractivity contribution in [3.63, 3.8) is 0 Å². The third kappa shape index (κ3) is 5.47. The van der Waals surface area contributed by atoms with Gasteiger partial charge in [0.2, 0.25) is 0 Å². The van der Waals surface area contributed by atoms with Crippen LogP contribution in [0.2, 0.25) is 5.02 Å². The molecule has 150 valence electrons. The lowest BCUT2D eigenvalue weighted by molar-refractivity contribution is -0.274. The molecule has 1 aliphatic carbocycles. The van der Waals surface area contributed by atoms with E-state index in [1.807, 2.05) is 0 Å². The molecule has 2 fully saturated rings. The van der Waals surface area contributed by atoms with Crippen LogP contribution in [0.4, 0.5) is 18.9 Å². The van der Waals surface area contributed by atoms with Gasteiger partial charge in [-0.05, 0) is 44.9 Å². The number of fused-ring (bicyclic) bond motifs is 1. The number of hydrogen-bond acceptors (Lipinski definition) is 3. The van der Waals surface area contributed by atoms with E-state index in [-0.39, 0.29) is 41.1 Å². The molecule has 1 aromatic carbocycles. The van der Waals surface area contributed by atoms with Gasteiger partial charge in [-0.3, -0.25) is 0 Å². The quantitative estimate of drug-likeness (QED) is 0.656. The van der Waals surface area contributed by atoms with Gasteiger partial charge in [0.1, 0.15) is 5.75 Å². The van der Waals surface area contributed by atoms with Gasteiger partial charge in [0, 0.05) is 29.9 Å². The molecule has 1 aliphatic heterocycles. The van der Waals surface area contributed by atoms with Crippen LogP contribution in [-0.4, -0.2) is 30.5 Å². The van der Waals surface area contributed by atoms with Gasteiger partial charge in [-0.1, -0.05) is 24.4 Å². The van der Waals surface area contributed by atoms with E-state index in [1.54, 1.807) is 12.1 Å². The predicted octanol–water partition coefficient (Wildman–Crippen LogP) is 5.58. The van der Waals surface area contributed by atoms with Crippen LogP contribution in [0, 0.1) is 0 Å². The summed E-state index contributed by atoms with van der Waals surface area (Å²) in [4.78, 5) is 2.28. The van der Waals surface area contributed by atoms with Crippen LogP contribution in [0.5, 0.6) is 5.75 Å². The van der Waals surface area contributed by atoms with E-state index in [9.17, 15) is 13.2 Å². The summed E-state index contributed by atoms with van der Waals surface area (Å²) >= 11 is 6.03. The highest BCUT2D eigenvalue weighted by Crippen LogP contribution is 2.38. The largest absolute Gasteiger partial charge is 0.573 e. The van der Waals surface area contributed by atoms with Crippen molar-refractivity contribution in [2.45, 2.75) is 63.5 Å². The lowest BCUT2D eigenvalue weighted by atomic mass is 9.83. The maximum atomic E-state index is 12.4. The van der Waals surface area contributed by atoms with Gasteiger partial charge in [-0.15, -0.1) is 38.0 Å². The molecule has 0 spiro atoms. The second kappa shape index (κ2) is 8.63. The number of piperazine rings is 1. The Labute approximate surface area is 169 Å². The number of nitrogens with one attached hydrogen (secondary N) is 1. The highest BCUT2D eigenvalue weighted by atomic mass is 35.5. The van der Waals surface area contributed by atoms with Gasteiger partial charge in [0.15, 0.2) is 0 Å². The number of hydrogen-bond donors (Lipinski definition) is 1. The maximum Gasteiger partial charge on any atom is 0.573 e. The molecule has 1 N–H and O–H groups in total. The Morgan fingerprint density at radius 2 is 1.85 bits per heavy atom. The molecule has 0 aromatic heterocycles. The molecule has 0 unspecified atom stereocenters. The van der Waals surface area contributed by atoms with Crippen LogP contribution in [0.25, 0.3) is 0 Å². The van der Waals surface area contributed by atoms with E-state index in [0.717, 1.165) is 25.1 Å². The Morgan fingerprint density at radius 3 is 2.46 bits per heavy atom. The first-order valence-corrected chi connectivity index (χ1v) is 8.62. The van der Waals surface area contributed by atoms with Crippen LogP contribution in [-0.2, 0) is 0 Å². The molecule has 0 amide bonds. The van der Waals surface area contributed by atoms with Crippen LogP contribution in [0.3, 0.4) is 0 Å². The number of rotatable bonds is 2. The Morgan fingerprint density at radius 1 is 1.19 bits per heavy atom. The second-order valence-corrected chi connectivity index (χ2v) is 7.68. The first-order chi connectivity index (χ1) is 11.1. The normalized spacial score (nSPS) is 24.8. The Kier molecular flexibility index (Phi) is 7.80. The maximum absolute atomic E-state index is 12.4. The average molecular weight is 436 g/mol. The third-order valence-electron chi connectivity index (χ3n) is 4.74. The predicted molar refractivity (Wildman–Crippen MR) is 103 cm³/mol. The average Bonchev–Trinajstić information content (AvgIpc) is 2.46. The molecule has 0 bridgehead atoms. The summed E-state index contributed by atoms with van der Waals surface area (Å²) in [6.07, 6.45) is -0.170. The Hall–Kier alpha value is -0.560. The third-order valence-corrected chi connectivity index (χ3v) is 5.04. The first-order valence-electron chi connectivity index (χ1n) is 8.24. The van der Waals surface area contributed by atoms with Crippen molar-refractivity contribution in [3.8, 4) is 5.75 Å². The number of halogens is 6. The summed E-state index contributed by atoms with van der Waals surface area (Å²) < 4.78 is 41.2. The zero-order chi connectivity index (χ0) is 17.5. The second-order valence-electron chi connectivity index (χ2n) is 7.28. The zero-order valence-corrected chi connectivity index (χ0v) is 17.0. The van der Waals surface area contributed by atoms with Crippen molar-refractivity contribution in [2.75, 3.05) is 11.4 Å². The highest BCUT2D eigenvalue weighted by molar-refractivity contribution is 6.32. The fourth-order valence-electron chi connectivity index (χ4n) is 3.90. The fraction of sp³-hybridized carbons (Fsp3) is 0.647. The minimum Gasteiger partial charge on any atom is -0.404 e. The van der Waals surface area contributed by atoms with E-state index in [1.165, 1.54) is 18.9 Å². The molecule has 3 rings (SSSR count). The standard InChI is InChI=1S/C17H22ClF3N2O.2ClH/c1-16(2)10-23(14-6-4-3-5-13(14)22-16)11-7-8-15(12(18)9-11)24-17(19,20)21;;/h7-9,13-14,22H,3-6,10H2,1-2H3;2*1H/t13-,14+;;/m0../s1. The molecule has 3 nitrogen and oxygen atoms in total.